The summed E-state index contributed by atoms with van der Waals surface area (Å²) in [6, 6.07) is 0.979. The number of aliphatic hydroxyl groups is 8. The topological polar surface area (TPSA) is 494 Å². The predicted molar refractivity (Wildman–Crippen MR) is 385 cm³/mol. The number of aromatic hydroxyl groups is 1. The van der Waals surface area contributed by atoms with Crippen molar-refractivity contribution >= 4 is 93.1 Å². The minimum Gasteiger partial charge on any atom is -0.504 e. The lowest BCUT2D eigenvalue weighted by Gasteiger charge is -2.35. The number of nitrogens with zero attached hydrogens (tertiary/aromatic N) is 8. The Morgan fingerprint density at radius 1 is 0.714 bits per heavy atom. The van der Waals surface area contributed by atoms with Crippen LogP contribution in [-0.4, -0.2) is 288 Å². The number of phenolic OH excluding ortho intramolecular Hbond substituents is 1. The molecule has 38 heteroatoms. The van der Waals surface area contributed by atoms with E-state index in [2.05, 4.69) is 61.1 Å². The molecule has 6 fully saturated rings. The first-order valence-corrected chi connectivity index (χ1v) is 37.4. The van der Waals surface area contributed by atoms with E-state index in [4.69, 9.17) is 9.72 Å². The average molecular weight is 1550 g/mol. The van der Waals surface area contributed by atoms with Crippen molar-refractivity contribution in [3.63, 3.8) is 0 Å². The number of rotatable bonds is 22. The van der Waals surface area contributed by atoms with Crippen LogP contribution in [0.2, 0.25) is 0 Å². The number of hydrogen-bond acceptors (Lipinski definition) is 28. The van der Waals surface area contributed by atoms with Crippen LogP contribution in [0.4, 0.5) is 11.1 Å². The highest BCUT2D eigenvalue weighted by Gasteiger charge is 2.50. The lowest BCUT2D eigenvalue weighted by Crippen LogP contribution is -2.64. The molecule has 34 nitrogen and oxygen atoms in total. The molecule has 0 radical (unpaired) electrons. The molecule has 582 valence electrons. The Morgan fingerprint density at radius 2 is 1.36 bits per heavy atom. The molecule has 0 unspecified atom stereocenters. The normalized spacial score (nSPS) is 26.4. The summed E-state index contributed by atoms with van der Waals surface area (Å²) < 4.78 is 43.6. The van der Waals surface area contributed by atoms with E-state index in [9.17, 15) is 82.9 Å². The number of phenols is 1. The number of aromatic nitrogens is 4. The summed E-state index contributed by atoms with van der Waals surface area (Å²) in [5.74, 6) is -8.60. The van der Waals surface area contributed by atoms with Gasteiger partial charge in [0.2, 0.25) is 46.5 Å². The van der Waals surface area contributed by atoms with Crippen molar-refractivity contribution < 1.29 is 96.6 Å². The minimum atomic E-state index is -5.23. The Labute approximate surface area is 624 Å². The number of amides is 6. The summed E-state index contributed by atoms with van der Waals surface area (Å²) in [7, 11) is -5.23. The molecule has 4 aromatic rings. The average Bonchev–Trinajstić information content (AvgIpc) is 1.65. The van der Waals surface area contributed by atoms with Gasteiger partial charge in [-0.2, -0.15) is 8.42 Å². The molecule has 5 aliphatic heterocycles. The Morgan fingerprint density at radius 3 is 2.04 bits per heavy atom. The van der Waals surface area contributed by atoms with Gasteiger partial charge in [0, 0.05) is 81.9 Å². The summed E-state index contributed by atoms with van der Waals surface area (Å²) in [4.78, 5) is 104. The highest BCUT2D eigenvalue weighted by molar-refractivity contribution is 7.81. The van der Waals surface area contributed by atoms with Crippen LogP contribution >= 0.6 is 36.2 Å². The predicted octanol–water partition coefficient (Wildman–Crippen LogP) is -1.93. The number of carbonyl (C=O) groups excluding carboxylic acids is 6. The third-order valence-electron chi connectivity index (χ3n) is 20.1. The van der Waals surface area contributed by atoms with E-state index < -0.39 is 194 Å². The van der Waals surface area contributed by atoms with Crippen molar-refractivity contribution in [2.24, 2.45) is 11.8 Å². The van der Waals surface area contributed by atoms with Crippen LogP contribution in [0.25, 0.3) is 21.8 Å². The second kappa shape index (κ2) is 38.3. The molecule has 6 amide bonds. The number of benzene rings is 2. The second-order valence-corrected chi connectivity index (χ2v) is 29.8. The number of halogens is 2. The van der Waals surface area contributed by atoms with Crippen LogP contribution in [0.5, 0.6) is 11.5 Å². The van der Waals surface area contributed by atoms with Crippen LogP contribution in [0.15, 0.2) is 54.7 Å². The maximum Gasteiger partial charge on any atom is 0.446 e. The Hall–Kier alpha value is -6.85. The maximum absolute atomic E-state index is 15.0. The van der Waals surface area contributed by atoms with E-state index in [1.54, 1.807) is 6.20 Å². The number of nitrogens with one attached hydrogen (secondary N) is 6. The first-order chi connectivity index (χ1) is 49.2. The van der Waals surface area contributed by atoms with Crippen molar-refractivity contribution in [1.29, 1.82) is 0 Å². The largest absolute Gasteiger partial charge is 0.504 e. The van der Waals surface area contributed by atoms with E-state index in [0.29, 0.717) is 48.1 Å². The van der Waals surface area contributed by atoms with Crippen LogP contribution in [0, 0.1) is 11.8 Å². The van der Waals surface area contributed by atoms with E-state index in [1.165, 1.54) is 44.4 Å². The van der Waals surface area contributed by atoms with Gasteiger partial charge in [0.25, 0.3) is 0 Å². The fraction of sp³-hybridized carbons (Fsp3) is 0.642. The highest BCUT2D eigenvalue weighted by atomic mass is 35.5. The molecule has 7 heterocycles. The Bertz CT molecular complexity index is 3670. The monoisotopic (exact) mass is 1550 g/mol. The molecule has 1 saturated carbocycles. The quantitative estimate of drug-likeness (QED) is 0.0381. The molecule has 105 heavy (non-hydrogen) atoms. The number of aliphatic hydroxyl groups excluding tert-OH is 8. The van der Waals surface area contributed by atoms with Gasteiger partial charge >= 0.3 is 10.4 Å². The van der Waals surface area contributed by atoms with Gasteiger partial charge in [0.05, 0.1) is 79.8 Å². The van der Waals surface area contributed by atoms with Crippen LogP contribution in [-0.2, 0) is 50.3 Å². The van der Waals surface area contributed by atoms with Crippen molar-refractivity contribution in [2.75, 3.05) is 81.9 Å². The van der Waals surface area contributed by atoms with Gasteiger partial charge in [-0.25, -0.2) is 9.97 Å². The number of fused-ring (bicyclic) bond motifs is 2. The number of ether oxygens (including phenoxy) is 1. The lowest BCUT2D eigenvalue weighted by molar-refractivity contribution is -0.147. The lowest BCUT2D eigenvalue weighted by atomic mass is 9.96. The van der Waals surface area contributed by atoms with Crippen molar-refractivity contribution in [2.45, 2.75) is 188 Å². The molecular weight excluding hydrogens is 1460 g/mol. The zero-order valence-corrected chi connectivity index (χ0v) is 61.5. The molecule has 0 spiro atoms. The summed E-state index contributed by atoms with van der Waals surface area (Å²) in [6.45, 7) is 2.85. The first-order valence-electron chi connectivity index (χ1n) is 35.2. The molecule has 2 aromatic heterocycles. The fourth-order valence-corrected chi connectivity index (χ4v) is 15.5. The fourth-order valence-electron chi connectivity index (χ4n) is 14.2. The van der Waals surface area contributed by atoms with Crippen molar-refractivity contribution in [3.05, 3.63) is 60.3 Å². The Kier molecular flexibility index (Phi) is 30.6. The van der Waals surface area contributed by atoms with Gasteiger partial charge < -0.3 is 106 Å². The second-order valence-electron chi connectivity index (χ2n) is 27.8. The molecule has 2 aromatic carbocycles. The smallest absolute Gasteiger partial charge is 0.446 e. The van der Waals surface area contributed by atoms with Gasteiger partial charge in [-0.15, -0.1) is 35.0 Å². The molecule has 0 bridgehead atoms. The van der Waals surface area contributed by atoms with E-state index in [1.807, 2.05) is 30.3 Å². The minimum absolute atomic E-state index is 0. The third-order valence-corrected chi connectivity index (χ3v) is 21.5. The molecule has 13 atom stereocenters. The van der Waals surface area contributed by atoms with Crippen LogP contribution in [0.3, 0.4) is 0 Å². The standard InChI is InChI=1S/C67H96N14O20S2.2ClH/c1-36-32-81-57(58(36)90)62(94)71-31-43(85)28-48(70-30-38-16-22-79(23-17-38)67-77-76-63(102-67)41-11-9-40(10-12-41)47-14-20-69-66(72-47)78-24-18-46(19-25-78)100-45-6-4-3-5-7-45)59(91)73-54(37(2)84)64(95)80-33-44(86)29-49(80)60(92)74-55(52(89)26-39-8-13-50(87)53(27-39)101-103(97,98)99)61(93)75-56(65(81)96)51(88)15-21-68-42(34-82)35-83;;/h8-14,20,27,36-38,42-46,48-49,51-52,54-58,68,70,82-90H,3-7,15-19,21-26,28-35H2,1-2H3,(H,71,94)(H,73,91)(H,74,92)(H,75,93)(H,97,98,99);2*1H/t36-,37+,43+,44+,48-,49-,51+,52+,54-,55-,56-,57-,58-;;/m0../s1. The van der Waals surface area contributed by atoms with Gasteiger partial charge in [0.1, 0.15) is 35.2 Å². The van der Waals surface area contributed by atoms with E-state index in [0.717, 1.165) is 83.6 Å². The van der Waals surface area contributed by atoms with E-state index >= 15 is 4.79 Å². The molecule has 5 saturated heterocycles. The van der Waals surface area contributed by atoms with Gasteiger partial charge in [-0.1, -0.05) is 67.9 Å². The Balaban J connectivity index is 0.00000697. The number of anilines is 2. The molecule has 1 aliphatic carbocycles. The van der Waals surface area contributed by atoms with Gasteiger partial charge in [0.15, 0.2) is 11.5 Å². The number of hydrogen-bond donors (Lipinski definition) is 16. The number of carbonyl (C=O) groups is 6. The van der Waals surface area contributed by atoms with E-state index in [-0.39, 0.29) is 62.0 Å². The zero-order valence-electron chi connectivity index (χ0n) is 58.2. The summed E-state index contributed by atoms with van der Waals surface area (Å²) >= 11 is 1.44. The summed E-state index contributed by atoms with van der Waals surface area (Å²) in [5, 5.41) is 126. The van der Waals surface area contributed by atoms with Crippen molar-refractivity contribution in [3.8, 4) is 33.3 Å². The highest BCUT2D eigenvalue weighted by Crippen LogP contribution is 2.35. The van der Waals surface area contributed by atoms with Crippen LogP contribution in [0.1, 0.15) is 96.5 Å². The third kappa shape index (κ3) is 22.0. The van der Waals surface area contributed by atoms with Gasteiger partial charge in [-0.3, -0.25) is 33.3 Å². The first kappa shape index (κ1) is 83.8. The molecular formula is C67H98Cl2N14O20S2. The van der Waals surface area contributed by atoms with Gasteiger partial charge in [-0.05, 0) is 101 Å². The maximum atomic E-state index is 15.0. The molecule has 16 N–H and O–H groups in total. The molecule has 6 aliphatic rings. The molecule has 10 rings (SSSR count). The van der Waals surface area contributed by atoms with Crippen molar-refractivity contribution in [1.82, 2.24) is 61.9 Å². The summed E-state index contributed by atoms with van der Waals surface area (Å²) in [5.41, 5.74) is 2.51. The number of β-amino-alcohol motifs (C(OH)–C–C–N with tert-alkyl or cyclic N) is 1. The number of piperidine rings is 2. The van der Waals surface area contributed by atoms with Crippen LogP contribution < -0.4 is 45.9 Å². The summed E-state index contributed by atoms with van der Waals surface area (Å²) in [6.07, 6.45) is -0.774. The zero-order chi connectivity index (χ0) is 73.8. The SMILES string of the molecule is C[C@@H](O)[C@@H]1NC(=O)[C@@H](NCC2CCN(c3nnc(-c4ccc(-c5ccnc(N6CCC(OC7CCCCC7)CC6)n5)cc4)s3)CC2)C[C@@H](O)CNC(=O)[C@@H]2[C@@H](O)[C@@H](C)CN2C(=O)[C@H]([C@H](O)CCNC(CO)CO)NC(=O)[C@H]([C@H](O)Cc2ccc(O)c(OS(=O)(=O)O)c2)NC(=O)[C@@H]2C[C@@H](O)CN2C1=O.Cl.Cl.